The fourth-order valence-corrected chi connectivity index (χ4v) is 4.13. The number of nitrogens with zero attached hydrogens (tertiary/aromatic N) is 2. The number of halogens is 3. The molecule has 1 N–H and O–H groups in total. The highest BCUT2D eigenvalue weighted by atomic mass is 32.1. The molecule has 0 atom stereocenters. The van der Waals surface area contributed by atoms with Crippen LogP contribution in [-0.2, 0) is 17.9 Å². The van der Waals surface area contributed by atoms with Crippen LogP contribution in [0.4, 0.5) is 23.7 Å². The molecule has 0 aliphatic heterocycles. The molecular weight excluding hydrogens is 451 g/mol. The van der Waals surface area contributed by atoms with Crippen LogP contribution < -0.4 is 5.32 Å². The zero-order valence-corrected chi connectivity index (χ0v) is 18.5. The fourth-order valence-electron chi connectivity index (χ4n) is 3.41. The first-order chi connectivity index (χ1) is 15.9. The third kappa shape index (κ3) is 6.13. The number of hydrogen-bond acceptors (Lipinski definition) is 3. The Bertz CT molecular complexity index is 1120. The van der Waals surface area contributed by atoms with Gasteiger partial charge in [-0.2, -0.15) is 0 Å². The number of carbonyl (C=O) groups excluding carboxylic acids is 2. The molecule has 1 aliphatic carbocycles. The fraction of sp³-hybridized carbons (Fsp3) is 0.250. The molecular formula is C24H22F3N3O2S. The van der Waals surface area contributed by atoms with Crippen molar-refractivity contribution < 1.29 is 22.8 Å². The van der Waals surface area contributed by atoms with Crippen molar-refractivity contribution in [2.24, 2.45) is 0 Å². The maximum Gasteiger partial charge on any atom is 0.322 e. The molecule has 3 amide bonds. The van der Waals surface area contributed by atoms with E-state index >= 15 is 0 Å². The average Bonchev–Trinajstić information content (AvgIpc) is 3.50. The van der Waals surface area contributed by atoms with E-state index in [1.54, 1.807) is 17.0 Å². The van der Waals surface area contributed by atoms with Crippen molar-refractivity contribution in [3.8, 4) is 0 Å². The van der Waals surface area contributed by atoms with Gasteiger partial charge >= 0.3 is 6.03 Å². The van der Waals surface area contributed by atoms with Crippen molar-refractivity contribution in [2.45, 2.75) is 32.0 Å². The zero-order valence-electron chi connectivity index (χ0n) is 17.6. The molecule has 4 rings (SSSR count). The predicted octanol–water partition coefficient (Wildman–Crippen LogP) is 5.39. The number of benzene rings is 2. The van der Waals surface area contributed by atoms with Gasteiger partial charge in [0.1, 0.15) is 24.0 Å². The molecule has 1 aromatic heterocycles. The largest absolute Gasteiger partial charge is 0.332 e. The summed E-state index contributed by atoms with van der Waals surface area (Å²) < 4.78 is 40.5. The van der Waals surface area contributed by atoms with Gasteiger partial charge in [0.2, 0.25) is 5.91 Å². The van der Waals surface area contributed by atoms with Gasteiger partial charge in [0.25, 0.3) is 0 Å². The molecule has 9 heteroatoms. The van der Waals surface area contributed by atoms with E-state index in [2.05, 4.69) is 5.32 Å². The Labute approximate surface area is 193 Å². The Hall–Kier alpha value is -3.33. The summed E-state index contributed by atoms with van der Waals surface area (Å²) in [6.45, 7) is 0.413. The molecule has 0 unspecified atom stereocenters. The molecule has 2 aromatic carbocycles. The average molecular weight is 474 g/mol. The van der Waals surface area contributed by atoms with Gasteiger partial charge < -0.3 is 15.1 Å². The van der Waals surface area contributed by atoms with Crippen molar-refractivity contribution >= 4 is 29.0 Å². The monoisotopic (exact) mass is 473 g/mol. The lowest BCUT2D eigenvalue weighted by Gasteiger charge is -2.28. The summed E-state index contributed by atoms with van der Waals surface area (Å²) in [4.78, 5) is 30.1. The van der Waals surface area contributed by atoms with E-state index < -0.39 is 17.7 Å². The minimum Gasteiger partial charge on any atom is -0.332 e. The molecule has 172 valence electrons. The van der Waals surface area contributed by atoms with Crippen molar-refractivity contribution in [3.05, 3.63) is 87.9 Å². The number of rotatable bonds is 8. The van der Waals surface area contributed by atoms with Gasteiger partial charge in [-0.25, -0.2) is 18.0 Å². The first kappa shape index (κ1) is 22.8. The normalized spacial score (nSPS) is 12.9. The maximum atomic E-state index is 14.0. The van der Waals surface area contributed by atoms with E-state index in [1.165, 1.54) is 28.4 Å². The lowest BCUT2D eigenvalue weighted by molar-refractivity contribution is -0.133. The lowest BCUT2D eigenvalue weighted by atomic mass is 10.2. The van der Waals surface area contributed by atoms with Crippen LogP contribution in [0, 0.1) is 17.5 Å². The number of amides is 3. The van der Waals surface area contributed by atoms with Crippen LogP contribution in [-0.4, -0.2) is 34.3 Å². The SMILES string of the molecule is O=C(CN(C(=O)Nc1ccc(F)cc1F)C1CC1)N(Cc1ccc(F)cc1)Cc1cccs1. The van der Waals surface area contributed by atoms with Crippen molar-refractivity contribution in [3.63, 3.8) is 0 Å². The van der Waals surface area contributed by atoms with E-state index in [0.717, 1.165) is 35.4 Å². The summed E-state index contributed by atoms with van der Waals surface area (Å²) in [5, 5.41) is 4.35. The molecule has 0 saturated heterocycles. The Morgan fingerprint density at radius 3 is 2.33 bits per heavy atom. The van der Waals surface area contributed by atoms with Crippen LogP contribution >= 0.6 is 11.3 Å². The summed E-state index contributed by atoms with van der Waals surface area (Å²) in [6.07, 6.45) is 1.49. The molecule has 1 saturated carbocycles. The number of hydrogen-bond donors (Lipinski definition) is 1. The van der Waals surface area contributed by atoms with Gasteiger partial charge in [0, 0.05) is 23.5 Å². The summed E-state index contributed by atoms with van der Waals surface area (Å²) >= 11 is 1.51. The third-order valence-corrected chi connectivity index (χ3v) is 6.15. The first-order valence-electron chi connectivity index (χ1n) is 10.5. The molecule has 1 heterocycles. The number of nitrogens with one attached hydrogen (secondary N) is 1. The molecule has 5 nitrogen and oxygen atoms in total. The number of anilines is 1. The van der Waals surface area contributed by atoms with Gasteiger partial charge in [-0.05, 0) is 54.1 Å². The highest BCUT2D eigenvalue weighted by Gasteiger charge is 2.35. The lowest BCUT2D eigenvalue weighted by Crippen LogP contribution is -2.45. The van der Waals surface area contributed by atoms with Crippen LogP contribution in [0.25, 0.3) is 0 Å². The molecule has 0 radical (unpaired) electrons. The Morgan fingerprint density at radius 1 is 0.970 bits per heavy atom. The molecule has 1 aliphatic rings. The highest BCUT2D eigenvalue weighted by molar-refractivity contribution is 7.09. The smallest absolute Gasteiger partial charge is 0.322 e. The van der Waals surface area contributed by atoms with Gasteiger partial charge in [0.15, 0.2) is 0 Å². The summed E-state index contributed by atoms with van der Waals surface area (Å²) in [5.41, 5.74) is 0.610. The Balaban J connectivity index is 1.48. The summed E-state index contributed by atoms with van der Waals surface area (Å²) in [7, 11) is 0. The Kier molecular flexibility index (Phi) is 6.98. The molecule has 0 spiro atoms. The quantitative estimate of drug-likeness (QED) is 0.477. The van der Waals surface area contributed by atoms with Gasteiger partial charge in [-0.3, -0.25) is 4.79 Å². The second-order valence-electron chi connectivity index (χ2n) is 7.87. The van der Waals surface area contributed by atoms with E-state index in [-0.39, 0.29) is 36.5 Å². The van der Waals surface area contributed by atoms with Crippen molar-refractivity contribution in [2.75, 3.05) is 11.9 Å². The maximum absolute atomic E-state index is 14.0. The van der Waals surface area contributed by atoms with E-state index in [0.29, 0.717) is 12.6 Å². The van der Waals surface area contributed by atoms with Gasteiger partial charge in [-0.15, -0.1) is 11.3 Å². The molecule has 3 aromatic rings. The molecule has 33 heavy (non-hydrogen) atoms. The van der Waals surface area contributed by atoms with Crippen molar-refractivity contribution in [1.82, 2.24) is 9.80 Å². The van der Waals surface area contributed by atoms with Crippen LogP contribution in [0.5, 0.6) is 0 Å². The molecule has 1 fully saturated rings. The number of carbonyl (C=O) groups is 2. The standard InChI is InChI=1S/C24H22F3N3O2S/c25-17-5-3-16(4-6-17)13-29(14-20-2-1-11-33-20)23(31)15-30(19-8-9-19)24(32)28-22-10-7-18(26)12-21(22)27/h1-7,10-12,19H,8-9,13-15H2,(H,28,32). The Morgan fingerprint density at radius 2 is 1.70 bits per heavy atom. The zero-order chi connectivity index (χ0) is 23.4. The van der Waals surface area contributed by atoms with Crippen LogP contribution in [0.1, 0.15) is 23.3 Å². The van der Waals surface area contributed by atoms with Crippen molar-refractivity contribution in [1.29, 1.82) is 0 Å². The predicted molar refractivity (Wildman–Crippen MR) is 120 cm³/mol. The minimum absolute atomic E-state index is 0.119. The third-order valence-electron chi connectivity index (χ3n) is 5.29. The highest BCUT2D eigenvalue weighted by Crippen LogP contribution is 2.28. The van der Waals surface area contributed by atoms with E-state index in [1.807, 2.05) is 17.5 Å². The van der Waals surface area contributed by atoms with Crippen LogP contribution in [0.2, 0.25) is 0 Å². The first-order valence-corrected chi connectivity index (χ1v) is 11.3. The second-order valence-corrected chi connectivity index (χ2v) is 8.90. The molecule has 0 bridgehead atoms. The summed E-state index contributed by atoms with van der Waals surface area (Å²) in [5.74, 6) is -2.28. The number of thiophene rings is 1. The summed E-state index contributed by atoms with van der Waals surface area (Å²) in [6, 6.07) is 11.9. The van der Waals surface area contributed by atoms with Gasteiger partial charge in [0.05, 0.1) is 12.2 Å². The van der Waals surface area contributed by atoms with Gasteiger partial charge in [-0.1, -0.05) is 18.2 Å². The van der Waals surface area contributed by atoms with E-state index in [4.69, 9.17) is 0 Å². The topological polar surface area (TPSA) is 52.7 Å². The second kappa shape index (κ2) is 10.1. The minimum atomic E-state index is -0.888. The van der Waals surface area contributed by atoms with E-state index in [9.17, 15) is 22.8 Å². The number of urea groups is 1. The van der Waals surface area contributed by atoms with Crippen LogP contribution in [0.15, 0.2) is 60.0 Å². The van der Waals surface area contributed by atoms with Crippen LogP contribution in [0.3, 0.4) is 0 Å².